The fraction of sp³-hybridized carbons (Fsp3) is 0.357. The third-order valence-corrected chi connectivity index (χ3v) is 7.11. The molecule has 0 aliphatic carbocycles. The third-order valence-electron chi connectivity index (χ3n) is 6.58. The summed E-state index contributed by atoms with van der Waals surface area (Å²) >= 11 is 3.42. The molecule has 38 heavy (non-hydrogen) atoms. The van der Waals surface area contributed by atoms with Crippen LogP contribution < -0.4 is 9.47 Å². The number of amides is 2. The number of hydrogen-bond donors (Lipinski definition) is 0. The Labute approximate surface area is 230 Å². The number of morpholine rings is 1. The third kappa shape index (κ3) is 6.75. The molecule has 1 aromatic heterocycles. The lowest BCUT2D eigenvalue weighted by Crippen LogP contribution is -2.47. The molecule has 9 nitrogen and oxygen atoms in total. The van der Waals surface area contributed by atoms with Gasteiger partial charge in [-0.25, -0.2) is 0 Å². The van der Waals surface area contributed by atoms with Crippen LogP contribution in [0.4, 0.5) is 0 Å². The van der Waals surface area contributed by atoms with Crippen LogP contribution in [-0.4, -0.2) is 79.2 Å². The van der Waals surface area contributed by atoms with Crippen molar-refractivity contribution in [2.24, 2.45) is 0 Å². The molecule has 0 radical (unpaired) electrons. The summed E-state index contributed by atoms with van der Waals surface area (Å²) in [6.07, 6.45) is 1.59. The number of rotatable bonds is 10. The van der Waals surface area contributed by atoms with Crippen LogP contribution in [0, 0.1) is 0 Å². The molecule has 2 aromatic carbocycles. The first kappa shape index (κ1) is 26.3. The second-order valence-electron chi connectivity index (χ2n) is 9.20. The minimum Gasteiger partial charge on any atom is -0.467 e. The van der Waals surface area contributed by atoms with Crippen molar-refractivity contribution in [3.8, 4) is 11.5 Å². The fourth-order valence-electron chi connectivity index (χ4n) is 4.46. The van der Waals surface area contributed by atoms with E-state index in [1.54, 1.807) is 34.3 Å². The summed E-state index contributed by atoms with van der Waals surface area (Å²) in [6, 6.07) is 16.5. The Bertz CT molecular complexity index is 1230. The van der Waals surface area contributed by atoms with E-state index in [2.05, 4.69) is 20.8 Å². The molecule has 0 spiro atoms. The van der Waals surface area contributed by atoms with Gasteiger partial charge < -0.3 is 28.4 Å². The molecule has 0 saturated carbocycles. The Kier molecular flexibility index (Phi) is 8.62. The molecule has 3 heterocycles. The van der Waals surface area contributed by atoms with Gasteiger partial charge in [0.25, 0.3) is 5.91 Å². The number of furan rings is 1. The maximum Gasteiger partial charge on any atom is 0.254 e. The van der Waals surface area contributed by atoms with Gasteiger partial charge >= 0.3 is 0 Å². The molecule has 1 fully saturated rings. The minimum atomic E-state index is -0.180. The van der Waals surface area contributed by atoms with E-state index in [4.69, 9.17) is 18.6 Å². The Morgan fingerprint density at radius 3 is 2.47 bits per heavy atom. The van der Waals surface area contributed by atoms with Gasteiger partial charge in [-0.2, -0.15) is 0 Å². The summed E-state index contributed by atoms with van der Waals surface area (Å²) in [6.45, 7) is 4.81. The highest BCUT2D eigenvalue weighted by atomic mass is 79.9. The SMILES string of the molecule is O=C(CN(CCN1CCOCC1)C(=O)c1ccc(Br)cc1)N(Cc1ccc2c(c1)OCO2)Cc1ccco1. The number of benzene rings is 2. The maximum absolute atomic E-state index is 13.8. The first-order chi connectivity index (χ1) is 18.5. The standard InChI is InChI=1S/C28H30BrN3O6/c29-23-6-4-22(5-7-23)28(34)31(10-9-30-11-14-35-15-12-30)19-27(33)32(18-24-2-1-13-36-24)17-21-3-8-25-26(16-21)38-20-37-25/h1-8,13,16H,9-12,14-15,17-20H2. The number of carbonyl (C=O) groups excluding carboxylic acids is 2. The fourth-order valence-corrected chi connectivity index (χ4v) is 4.72. The molecule has 0 N–H and O–H groups in total. The first-order valence-electron chi connectivity index (χ1n) is 12.6. The molecule has 0 unspecified atom stereocenters. The predicted octanol–water partition coefficient (Wildman–Crippen LogP) is 3.77. The summed E-state index contributed by atoms with van der Waals surface area (Å²) in [5.74, 6) is 1.65. The summed E-state index contributed by atoms with van der Waals surface area (Å²) in [5.41, 5.74) is 1.43. The number of fused-ring (bicyclic) bond motifs is 1. The van der Waals surface area contributed by atoms with E-state index in [0.29, 0.717) is 55.7 Å². The second-order valence-corrected chi connectivity index (χ2v) is 10.1. The molecule has 2 aliphatic heterocycles. The summed E-state index contributed by atoms with van der Waals surface area (Å²) in [5, 5.41) is 0. The largest absolute Gasteiger partial charge is 0.467 e. The molecular weight excluding hydrogens is 554 g/mol. The average Bonchev–Trinajstić information content (AvgIpc) is 3.63. The molecule has 3 aromatic rings. The summed E-state index contributed by atoms with van der Waals surface area (Å²) in [4.78, 5) is 32.9. The maximum atomic E-state index is 13.8. The molecule has 2 aliphatic rings. The van der Waals surface area contributed by atoms with Crippen molar-refractivity contribution in [1.29, 1.82) is 0 Å². The van der Waals surface area contributed by atoms with Crippen LogP contribution in [0.1, 0.15) is 21.7 Å². The van der Waals surface area contributed by atoms with Crippen LogP contribution >= 0.6 is 15.9 Å². The van der Waals surface area contributed by atoms with E-state index in [1.165, 1.54) is 0 Å². The van der Waals surface area contributed by atoms with Crippen LogP contribution in [0.3, 0.4) is 0 Å². The van der Waals surface area contributed by atoms with Gasteiger partial charge in [-0.05, 0) is 54.1 Å². The summed E-state index contributed by atoms with van der Waals surface area (Å²) in [7, 11) is 0. The molecule has 0 atom stereocenters. The molecular formula is C28H30BrN3O6. The smallest absolute Gasteiger partial charge is 0.254 e. The van der Waals surface area contributed by atoms with E-state index in [-0.39, 0.29) is 31.7 Å². The van der Waals surface area contributed by atoms with Crippen molar-refractivity contribution in [2.75, 3.05) is 52.7 Å². The first-order valence-corrected chi connectivity index (χ1v) is 13.4. The molecule has 2 amide bonds. The highest BCUT2D eigenvalue weighted by Crippen LogP contribution is 2.33. The zero-order valence-electron chi connectivity index (χ0n) is 21.0. The lowest BCUT2D eigenvalue weighted by atomic mass is 10.1. The zero-order chi connectivity index (χ0) is 26.3. The highest BCUT2D eigenvalue weighted by Gasteiger charge is 2.25. The van der Waals surface area contributed by atoms with Crippen molar-refractivity contribution in [1.82, 2.24) is 14.7 Å². The number of nitrogens with zero attached hydrogens (tertiary/aromatic N) is 3. The van der Waals surface area contributed by atoms with Crippen LogP contribution in [0.2, 0.25) is 0 Å². The highest BCUT2D eigenvalue weighted by molar-refractivity contribution is 9.10. The summed E-state index contributed by atoms with van der Waals surface area (Å²) < 4.78 is 22.8. The van der Waals surface area contributed by atoms with Gasteiger partial charge in [0.1, 0.15) is 12.3 Å². The van der Waals surface area contributed by atoms with Crippen molar-refractivity contribution in [3.05, 3.63) is 82.2 Å². The lowest BCUT2D eigenvalue weighted by Gasteiger charge is -2.31. The topological polar surface area (TPSA) is 84.7 Å². The van der Waals surface area contributed by atoms with Crippen molar-refractivity contribution < 1.29 is 28.2 Å². The monoisotopic (exact) mass is 583 g/mol. The van der Waals surface area contributed by atoms with E-state index in [1.807, 2.05) is 36.4 Å². The molecule has 0 bridgehead atoms. The number of halogens is 1. The normalized spacial score (nSPS) is 14.9. The minimum absolute atomic E-state index is 0.0511. The van der Waals surface area contributed by atoms with E-state index in [0.717, 1.165) is 23.1 Å². The Hall–Kier alpha value is -3.34. The molecule has 1 saturated heterocycles. The van der Waals surface area contributed by atoms with Gasteiger partial charge in [-0.1, -0.05) is 22.0 Å². The van der Waals surface area contributed by atoms with E-state index >= 15 is 0 Å². The van der Waals surface area contributed by atoms with Gasteiger partial charge in [0.2, 0.25) is 12.7 Å². The van der Waals surface area contributed by atoms with Gasteiger partial charge in [0.05, 0.1) is 26.0 Å². The van der Waals surface area contributed by atoms with Crippen molar-refractivity contribution in [2.45, 2.75) is 13.1 Å². The van der Waals surface area contributed by atoms with Crippen molar-refractivity contribution >= 4 is 27.7 Å². The van der Waals surface area contributed by atoms with E-state index < -0.39 is 0 Å². The molecule has 5 rings (SSSR count). The predicted molar refractivity (Wildman–Crippen MR) is 143 cm³/mol. The van der Waals surface area contributed by atoms with Crippen LogP contribution in [0.5, 0.6) is 11.5 Å². The van der Waals surface area contributed by atoms with Gasteiger partial charge in [-0.15, -0.1) is 0 Å². The Balaban J connectivity index is 1.34. The second kappa shape index (κ2) is 12.5. The average molecular weight is 584 g/mol. The zero-order valence-corrected chi connectivity index (χ0v) is 22.6. The van der Waals surface area contributed by atoms with Crippen molar-refractivity contribution in [3.63, 3.8) is 0 Å². The Morgan fingerprint density at radius 1 is 0.921 bits per heavy atom. The lowest BCUT2D eigenvalue weighted by molar-refractivity contribution is -0.133. The quantitative estimate of drug-likeness (QED) is 0.359. The van der Waals surface area contributed by atoms with Crippen LogP contribution in [-0.2, 0) is 22.6 Å². The number of hydrogen-bond acceptors (Lipinski definition) is 7. The number of carbonyl (C=O) groups is 2. The molecule has 10 heteroatoms. The molecule has 200 valence electrons. The van der Waals surface area contributed by atoms with Crippen LogP contribution in [0.25, 0.3) is 0 Å². The van der Waals surface area contributed by atoms with Gasteiger partial charge in [0, 0.05) is 42.8 Å². The van der Waals surface area contributed by atoms with Crippen LogP contribution in [0.15, 0.2) is 69.8 Å². The Morgan fingerprint density at radius 2 is 1.71 bits per heavy atom. The van der Waals surface area contributed by atoms with E-state index in [9.17, 15) is 9.59 Å². The van der Waals surface area contributed by atoms with Gasteiger partial charge in [0.15, 0.2) is 11.5 Å². The van der Waals surface area contributed by atoms with Gasteiger partial charge in [-0.3, -0.25) is 14.5 Å². The number of ether oxygens (including phenoxy) is 3.